The van der Waals surface area contributed by atoms with Crippen LogP contribution in [-0.2, 0) is 17.1 Å². The van der Waals surface area contributed by atoms with E-state index in [0.717, 1.165) is 22.2 Å². The molecule has 0 spiro atoms. The molecule has 3 rings (SSSR count). The van der Waals surface area contributed by atoms with Crippen LogP contribution in [0, 0.1) is 13.8 Å². The number of hydrogen-bond donors (Lipinski definition) is 1. The maximum absolute atomic E-state index is 12.1. The van der Waals surface area contributed by atoms with Crippen LogP contribution in [0.5, 0.6) is 0 Å². The third kappa shape index (κ3) is 2.98. The first-order valence-corrected chi connectivity index (χ1v) is 8.14. The van der Waals surface area contributed by atoms with Gasteiger partial charge in [0.2, 0.25) is 5.91 Å². The van der Waals surface area contributed by atoms with Crippen molar-refractivity contribution in [1.82, 2.24) is 10.1 Å². The van der Waals surface area contributed by atoms with Crippen LogP contribution < -0.4 is 5.32 Å². The summed E-state index contributed by atoms with van der Waals surface area (Å²) in [5.41, 5.74) is 4.25. The molecule has 7 heteroatoms. The number of nitrogens with one attached hydrogen (secondary N) is 1. The van der Waals surface area contributed by atoms with Gasteiger partial charge in [-0.3, -0.25) is 4.79 Å². The Hall–Kier alpha value is -1.92. The minimum atomic E-state index is -0.175. The van der Waals surface area contributed by atoms with Crippen molar-refractivity contribution in [3.05, 3.63) is 40.0 Å². The predicted molar refractivity (Wildman–Crippen MR) is 87.5 cm³/mol. The first-order valence-electron chi connectivity index (χ1n) is 6.72. The summed E-state index contributed by atoms with van der Waals surface area (Å²) in [6.07, 6.45) is 0.146. The van der Waals surface area contributed by atoms with E-state index in [1.165, 1.54) is 11.3 Å². The Morgan fingerprint density at radius 2 is 2.23 bits per heavy atom. The highest BCUT2D eigenvalue weighted by Crippen LogP contribution is 2.25. The van der Waals surface area contributed by atoms with Gasteiger partial charge in [0.25, 0.3) is 0 Å². The summed E-state index contributed by atoms with van der Waals surface area (Å²) < 4.78 is 5.32. The van der Waals surface area contributed by atoms with E-state index in [9.17, 15) is 4.79 Å². The van der Waals surface area contributed by atoms with Crippen LogP contribution in [-0.4, -0.2) is 16.0 Å². The number of aromatic nitrogens is 2. The van der Waals surface area contributed by atoms with Crippen LogP contribution in [0.25, 0.3) is 11.0 Å². The molecule has 1 N–H and O–H groups in total. The molecule has 0 aliphatic heterocycles. The van der Waals surface area contributed by atoms with E-state index in [2.05, 4.69) is 21.5 Å². The molecule has 114 valence electrons. The molecular formula is C15H14ClN3O2S. The quantitative estimate of drug-likeness (QED) is 0.736. The summed E-state index contributed by atoms with van der Waals surface area (Å²) in [6.45, 7) is 3.99. The van der Waals surface area contributed by atoms with Gasteiger partial charge in [0, 0.05) is 10.8 Å². The number of nitrogens with zero attached hydrogens (tertiary/aromatic N) is 2. The second kappa shape index (κ2) is 6.06. The van der Waals surface area contributed by atoms with Gasteiger partial charge in [-0.05, 0) is 31.0 Å². The molecule has 1 aromatic carbocycles. The average molecular weight is 336 g/mol. The van der Waals surface area contributed by atoms with Crippen LogP contribution in [0.15, 0.2) is 22.0 Å². The highest BCUT2D eigenvalue weighted by molar-refractivity contribution is 7.13. The average Bonchev–Trinajstić information content (AvgIpc) is 3.06. The molecule has 0 unspecified atom stereocenters. The Morgan fingerprint density at radius 3 is 2.95 bits per heavy atom. The van der Waals surface area contributed by atoms with Gasteiger partial charge in [-0.1, -0.05) is 11.2 Å². The van der Waals surface area contributed by atoms with Crippen molar-refractivity contribution in [3.8, 4) is 0 Å². The van der Waals surface area contributed by atoms with E-state index in [4.69, 9.17) is 16.1 Å². The number of carbonyl (C=O) groups excluding carboxylic acids is 1. The first-order chi connectivity index (χ1) is 10.6. The van der Waals surface area contributed by atoms with E-state index in [0.29, 0.717) is 22.3 Å². The molecule has 0 saturated heterocycles. The van der Waals surface area contributed by atoms with Crippen molar-refractivity contribution in [2.75, 3.05) is 5.32 Å². The maximum Gasteiger partial charge on any atom is 0.232 e. The smallest absolute Gasteiger partial charge is 0.232 e. The Kier molecular flexibility index (Phi) is 4.13. The summed E-state index contributed by atoms with van der Waals surface area (Å²) in [7, 11) is 0. The zero-order chi connectivity index (χ0) is 15.7. The van der Waals surface area contributed by atoms with Crippen LogP contribution in [0.1, 0.15) is 22.5 Å². The lowest BCUT2D eigenvalue weighted by atomic mass is 10.0. The topological polar surface area (TPSA) is 68.0 Å². The van der Waals surface area contributed by atoms with Crippen LogP contribution in [0.2, 0.25) is 0 Å². The number of halogens is 1. The van der Waals surface area contributed by atoms with Gasteiger partial charge < -0.3 is 9.84 Å². The summed E-state index contributed by atoms with van der Waals surface area (Å²) in [5, 5.41) is 10.1. The normalized spacial score (nSPS) is 11.0. The standard InChI is InChI=1S/C15H14ClN3O2S/c1-8-3-9(2)14-11(19-21-12(14)4-8)5-13(20)18-15-17-10(6-16)7-22-15/h3-4,7H,5-6H2,1-2H3,(H,17,18,20). The lowest BCUT2D eigenvalue weighted by Gasteiger charge is -2.01. The molecule has 0 radical (unpaired) electrons. The molecule has 2 heterocycles. The van der Waals surface area contributed by atoms with Gasteiger partial charge in [0.05, 0.1) is 18.0 Å². The van der Waals surface area contributed by atoms with Crippen LogP contribution in [0.3, 0.4) is 0 Å². The molecule has 0 aliphatic rings. The summed E-state index contributed by atoms with van der Waals surface area (Å²) in [4.78, 5) is 16.3. The van der Waals surface area contributed by atoms with Crippen molar-refractivity contribution in [1.29, 1.82) is 0 Å². The Bertz CT molecular complexity index is 841. The second-order valence-electron chi connectivity index (χ2n) is 5.09. The van der Waals surface area contributed by atoms with Crippen LogP contribution >= 0.6 is 22.9 Å². The van der Waals surface area contributed by atoms with E-state index in [1.54, 1.807) is 0 Å². The van der Waals surface area contributed by atoms with E-state index in [1.807, 2.05) is 25.3 Å². The molecule has 0 saturated carbocycles. The number of amides is 1. The van der Waals surface area contributed by atoms with Gasteiger partial charge in [0.15, 0.2) is 10.7 Å². The Balaban J connectivity index is 1.79. The van der Waals surface area contributed by atoms with Crippen molar-refractivity contribution >= 4 is 44.9 Å². The fraction of sp³-hybridized carbons (Fsp3) is 0.267. The molecule has 3 aromatic rings. The van der Waals surface area contributed by atoms with Crippen molar-refractivity contribution in [2.45, 2.75) is 26.1 Å². The number of aryl methyl sites for hydroxylation is 2. The number of fused-ring (bicyclic) bond motifs is 1. The van der Waals surface area contributed by atoms with Crippen LogP contribution in [0.4, 0.5) is 5.13 Å². The maximum atomic E-state index is 12.1. The number of thiazole rings is 1. The fourth-order valence-corrected chi connectivity index (χ4v) is 3.34. The highest BCUT2D eigenvalue weighted by Gasteiger charge is 2.15. The SMILES string of the molecule is Cc1cc(C)c2c(CC(=O)Nc3nc(CCl)cs3)noc2c1. The monoisotopic (exact) mass is 335 g/mol. The third-order valence-electron chi connectivity index (χ3n) is 3.25. The number of hydrogen-bond acceptors (Lipinski definition) is 5. The molecule has 0 fully saturated rings. The lowest BCUT2D eigenvalue weighted by molar-refractivity contribution is -0.115. The second-order valence-corrected chi connectivity index (χ2v) is 6.21. The van der Waals surface area contributed by atoms with E-state index < -0.39 is 0 Å². The molecule has 22 heavy (non-hydrogen) atoms. The third-order valence-corrected chi connectivity index (χ3v) is 4.33. The van der Waals surface area contributed by atoms with E-state index in [-0.39, 0.29) is 12.3 Å². The molecule has 1 amide bonds. The number of anilines is 1. The van der Waals surface area contributed by atoms with Gasteiger partial charge in [0.1, 0.15) is 5.69 Å². The van der Waals surface area contributed by atoms with Crippen molar-refractivity contribution < 1.29 is 9.32 Å². The molecule has 5 nitrogen and oxygen atoms in total. The summed E-state index contributed by atoms with van der Waals surface area (Å²) in [6, 6.07) is 3.97. The molecule has 0 bridgehead atoms. The largest absolute Gasteiger partial charge is 0.356 e. The van der Waals surface area contributed by atoms with Gasteiger partial charge in [-0.2, -0.15) is 0 Å². The molecule has 2 aromatic heterocycles. The zero-order valence-corrected chi connectivity index (χ0v) is 13.7. The Morgan fingerprint density at radius 1 is 1.41 bits per heavy atom. The van der Waals surface area contributed by atoms with Crippen molar-refractivity contribution in [3.63, 3.8) is 0 Å². The number of alkyl halides is 1. The van der Waals surface area contributed by atoms with Gasteiger partial charge in [-0.15, -0.1) is 22.9 Å². The summed E-state index contributed by atoms with van der Waals surface area (Å²) in [5.74, 6) is 0.157. The first kappa shape index (κ1) is 15.0. The summed E-state index contributed by atoms with van der Waals surface area (Å²) >= 11 is 7.05. The minimum absolute atomic E-state index is 0.146. The molecule has 0 atom stereocenters. The number of benzene rings is 1. The van der Waals surface area contributed by atoms with Gasteiger partial charge in [-0.25, -0.2) is 4.98 Å². The fourth-order valence-electron chi connectivity index (χ4n) is 2.38. The van der Waals surface area contributed by atoms with Crippen molar-refractivity contribution in [2.24, 2.45) is 0 Å². The Labute approximate surface area is 136 Å². The lowest BCUT2D eigenvalue weighted by Crippen LogP contribution is -2.14. The van der Waals surface area contributed by atoms with E-state index >= 15 is 0 Å². The highest BCUT2D eigenvalue weighted by atomic mass is 35.5. The zero-order valence-electron chi connectivity index (χ0n) is 12.1. The van der Waals surface area contributed by atoms with Gasteiger partial charge >= 0.3 is 0 Å². The molecule has 0 aliphatic carbocycles. The minimum Gasteiger partial charge on any atom is -0.356 e. The number of rotatable bonds is 4. The predicted octanol–water partition coefficient (Wildman–Crippen LogP) is 3.82. The number of carbonyl (C=O) groups is 1. The molecular weight excluding hydrogens is 322 g/mol.